The van der Waals surface area contributed by atoms with Gasteiger partial charge in [0.1, 0.15) is 17.3 Å². The summed E-state index contributed by atoms with van der Waals surface area (Å²) in [6.45, 7) is 1.98. The lowest BCUT2D eigenvalue weighted by Crippen LogP contribution is -2.29. The SMILES string of the molecule is COc1cccc(/C(O)=C2\C(=O)C(=O)N(c3nc4ccc(C)cc4s3)[C@@H]2c2cccc(OC)c2)c1. The van der Waals surface area contributed by atoms with E-state index in [0.717, 1.165) is 15.8 Å². The van der Waals surface area contributed by atoms with E-state index in [9.17, 15) is 14.7 Å². The first-order valence-corrected chi connectivity index (χ1v) is 11.7. The minimum absolute atomic E-state index is 0.0213. The Morgan fingerprint density at radius 2 is 1.69 bits per heavy atom. The molecule has 0 bridgehead atoms. The molecule has 5 rings (SSSR count). The number of Topliss-reactive ketones (excluding diaryl/α,β-unsaturated/α-hetero) is 1. The van der Waals surface area contributed by atoms with Gasteiger partial charge in [0.25, 0.3) is 5.78 Å². The topological polar surface area (TPSA) is 89.0 Å². The van der Waals surface area contributed by atoms with Gasteiger partial charge in [0, 0.05) is 5.56 Å². The second-order valence-corrected chi connectivity index (χ2v) is 9.15. The lowest BCUT2D eigenvalue weighted by atomic mass is 9.95. The maximum atomic E-state index is 13.4. The number of aliphatic hydroxyl groups is 1. The van der Waals surface area contributed by atoms with Crippen LogP contribution < -0.4 is 14.4 Å². The Kier molecular flexibility index (Phi) is 5.74. The van der Waals surface area contributed by atoms with E-state index < -0.39 is 17.7 Å². The average Bonchev–Trinajstić information content (AvgIpc) is 3.41. The van der Waals surface area contributed by atoms with Crippen LogP contribution in [-0.2, 0) is 9.59 Å². The minimum Gasteiger partial charge on any atom is -0.507 e. The number of ether oxygens (including phenoxy) is 2. The van der Waals surface area contributed by atoms with Crippen molar-refractivity contribution in [2.24, 2.45) is 0 Å². The number of amides is 1. The fraction of sp³-hybridized carbons (Fsp3) is 0.148. The monoisotopic (exact) mass is 486 g/mol. The minimum atomic E-state index is -0.891. The Labute approximate surface area is 205 Å². The number of thiazole rings is 1. The molecular formula is C27H22N2O5S. The molecule has 176 valence electrons. The highest BCUT2D eigenvalue weighted by atomic mass is 32.1. The summed E-state index contributed by atoms with van der Waals surface area (Å²) in [5, 5.41) is 11.7. The van der Waals surface area contributed by atoms with Crippen molar-refractivity contribution in [3.63, 3.8) is 0 Å². The van der Waals surface area contributed by atoms with Crippen molar-refractivity contribution in [2.45, 2.75) is 13.0 Å². The van der Waals surface area contributed by atoms with Crippen LogP contribution in [0.2, 0.25) is 0 Å². The van der Waals surface area contributed by atoms with Gasteiger partial charge in [-0.15, -0.1) is 0 Å². The average molecular weight is 487 g/mol. The smallest absolute Gasteiger partial charge is 0.301 e. The van der Waals surface area contributed by atoms with Gasteiger partial charge in [-0.3, -0.25) is 14.5 Å². The van der Waals surface area contributed by atoms with Crippen LogP contribution in [-0.4, -0.2) is 36.0 Å². The molecule has 1 aliphatic heterocycles. The zero-order valence-electron chi connectivity index (χ0n) is 19.3. The summed E-state index contributed by atoms with van der Waals surface area (Å²) >= 11 is 1.32. The number of anilines is 1. The number of ketones is 1. The van der Waals surface area contributed by atoms with Crippen molar-refractivity contribution < 1.29 is 24.2 Å². The fourth-order valence-corrected chi connectivity index (χ4v) is 5.30. The molecule has 1 N–H and O–H groups in total. The molecule has 0 aliphatic carbocycles. The van der Waals surface area contributed by atoms with E-state index >= 15 is 0 Å². The van der Waals surface area contributed by atoms with Crippen LogP contribution in [0.1, 0.15) is 22.7 Å². The van der Waals surface area contributed by atoms with E-state index in [4.69, 9.17) is 9.47 Å². The van der Waals surface area contributed by atoms with Crippen LogP contribution in [0.25, 0.3) is 16.0 Å². The summed E-state index contributed by atoms with van der Waals surface area (Å²) in [6, 6.07) is 18.8. The van der Waals surface area contributed by atoms with Gasteiger partial charge >= 0.3 is 5.91 Å². The predicted octanol–water partition coefficient (Wildman–Crippen LogP) is 5.25. The van der Waals surface area contributed by atoms with E-state index in [1.54, 1.807) is 55.6 Å². The standard InChI is InChI=1S/C27H22N2O5S/c1-15-10-11-20-21(12-15)35-27(28-20)29-23(16-6-4-8-18(13-16)33-2)22(25(31)26(29)32)24(30)17-7-5-9-19(14-17)34-3/h4-14,23,30H,1-3H3/b24-22+/t23-/m1/s1. The highest BCUT2D eigenvalue weighted by Crippen LogP contribution is 2.45. The summed E-state index contributed by atoms with van der Waals surface area (Å²) in [5.41, 5.74) is 2.76. The number of aliphatic hydroxyl groups excluding tert-OH is 1. The number of aryl methyl sites for hydroxylation is 1. The third-order valence-electron chi connectivity index (χ3n) is 5.94. The van der Waals surface area contributed by atoms with E-state index in [1.165, 1.54) is 23.3 Å². The second-order valence-electron chi connectivity index (χ2n) is 8.15. The second kappa shape index (κ2) is 8.88. The van der Waals surface area contributed by atoms with Gasteiger partial charge < -0.3 is 14.6 Å². The van der Waals surface area contributed by atoms with E-state index in [1.807, 2.05) is 25.1 Å². The number of carbonyl (C=O) groups is 2. The normalized spacial score (nSPS) is 17.2. The van der Waals surface area contributed by atoms with E-state index in [2.05, 4.69) is 4.98 Å². The van der Waals surface area contributed by atoms with E-state index in [0.29, 0.717) is 27.8 Å². The molecule has 1 aromatic heterocycles. The number of hydrogen-bond acceptors (Lipinski definition) is 7. The molecule has 0 saturated carbocycles. The van der Waals surface area contributed by atoms with Crippen molar-refractivity contribution in [3.8, 4) is 11.5 Å². The Morgan fingerprint density at radius 3 is 2.43 bits per heavy atom. The zero-order valence-corrected chi connectivity index (χ0v) is 20.1. The number of benzene rings is 3. The number of methoxy groups -OCH3 is 2. The number of rotatable bonds is 5. The molecule has 0 unspecified atom stereocenters. The van der Waals surface area contributed by atoms with Crippen molar-refractivity contribution in [1.29, 1.82) is 0 Å². The summed E-state index contributed by atoms with van der Waals surface area (Å²) in [4.78, 5) is 32.8. The Bertz CT molecular complexity index is 1510. The van der Waals surface area contributed by atoms with Gasteiger partial charge in [0.15, 0.2) is 5.13 Å². The molecule has 0 spiro atoms. The third-order valence-corrected chi connectivity index (χ3v) is 6.95. The maximum absolute atomic E-state index is 13.4. The molecular weight excluding hydrogens is 464 g/mol. The largest absolute Gasteiger partial charge is 0.507 e. The highest BCUT2D eigenvalue weighted by Gasteiger charge is 2.48. The van der Waals surface area contributed by atoms with Gasteiger partial charge in [0.05, 0.1) is 36.1 Å². The molecule has 3 aromatic carbocycles. The lowest BCUT2D eigenvalue weighted by molar-refractivity contribution is -0.132. The Hall–Kier alpha value is -4.17. The fourth-order valence-electron chi connectivity index (χ4n) is 4.21. The Balaban J connectivity index is 1.74. The van der Waals surface area contributed by atoms with Gasteiger partial charge in [-0.2, -0.15) is 0 Å². The Morgan fingerprint density at radius 1 is 0.971 bits per heavy atom. The molecule has 1 saturated heterocycles. The summed E-state index contributed by atoms with van der Waals surface area (Å²) in [6.07, 6.45) is 0. The van der Waals surface area contributed by atoms with Gasteiger partial charge in [-0.25, -0.2) is 4.98 Å². The number of carbonyl (C=O) groups excluding carboxylic acids is 2. The first-order valence-electron chi connectivity index (χ1n) is 10.9. The maximum Gasteiger partial charge on any atom is 0.301 e. The van der Waals surface area contributed by atoms with Crippen LogP contribution in [0, 0.1) is 6.92 Å². The summed E-state index contributed by atoms with van der Waals surface area (Å²) in [7, 11) is 3.06. The van der Waals surface area contributed by atoms with Gasteiger partial charge in [0.2, 0.25) is 0 Å². The molecule has 8 heteroatoms. The molecule has 0 radical (unpaired) electrons. The van der Waals surface area contributed by atoms with Gasteiger partial charge in [-0.1, -0.05) is 41.7 Å². The third kappa shape index (κ3) is 3.91. The number of fused-ring (bicyclic) bond motifs is 1. The lowest BCUT2D eigenvalue weighted by Gasteiger charge is -2.23. The van der Waals surface area contributed by atoms with Crippen molar-refractivity contribution in [2.75, 3.05) is 19.1 Å². The van der Waals surface area contributed by atoms with E-state index in [-0.39, 0.29) is 11.3 Å². The summed E-state index contributed by atoms with van der Waals surface area (Å²) < 4.78 is 11.6. The van der Waals surface area contributed by atoms with Crippen molar-refractivity contribution in [3.05, 3.63) is 89.0 Å². The number of hydrogen-bond donors (Lipinski definition) is 1. The molecule has 2 heterocycles. The van der Waals surface area contributed by atoms with Crippen molar-refractivity contribution in [1.82, 2.24) is 4.98 Å². The molecule has 7 nitrogen and oxygen atoms in total. The molecule has 1 aliphatic rings. The predicted molar refractivity (Wildman–Crippen MR) is 135 cm³/mol. The van der Waals surface area contributed by atoms with Crippen LogP contribution >= 0.6 is 11.3 Å². The molecule has 35 heavy (non-hydrogen) atoms. The molecule has 1 fully saturated rings. The van der Waals surface area contributed by atoms with Crippen LogP contribution in [0.15, 0.2) is 72.3 Å². The van der Waals surface area contributed by atoms with Crippen molar-refractivity contribution >= 4 is 44.1 Å². The number of aromatic nitrogens is 1. The first kappa shape index (κ1) is 22.6. The highest BCUT2D eigenvalue weighted by molar-refractivity contribution is 7.22. The first-order chi connectivity index (χ1) is 16.9. The number of nitrogens with zero attached hydrogens (tertiary/aromatic N) is 2. The van der Waals surface area contributed by atoms with Crippen LogP contribution in [0.5, 0.6) is 11.5 Å². The zero-order chi connectivity index (χ0) is 24.7. The molecule has 4 aromatic rings. The van der Waals surface area contributed by atoms with Crippen LogP contribution in [0.4, 0.5) is 5.13 Å². The molecule has 1 amide bonds. The summed E-state index contributed by atoms with van der Waals surface area (Å²) in [5.74, 6) is -0.738. The van der Waals surface area contributed by atoms with Crippen LogP contribution in [0.3, 0.4) is 0 Å². The van der Waals surface area contributed by atoms with Gasteiger partial charge in [-0.05, 0) is 54.4 Å². The quantitative estimate of drug-likeness (QED) is 0.236. The molecule has 1 atom stereocenters.